The number of aliphatic hydroxyl groups is 1. The van der Waals surface area contributed by atoms with Crippen molar-refractivity contribution in [3.05, 3.63) is 35.4 Å². The Labute approximate surface area is 114 Å². The minimum absolute atomic E-state index is 0.0853. The maximum Gasteiger partial charge on any atom is 0.416 e. The van der Waals surface area contributed by atoms with Crippen LogP contribution in [0.1, 0.15) is 23.6 Å². The molecule has 1 heterocycles. The maximum absolute atomic E-state index is 12.7. The van der Waals surface area contributed by atoms with E-state index in [1.54, 1.807) is 11.0 Å². The number of hydrogen-bond acceptors (Lipinski definition) is 3. The quantitative estimate of drug-likeness (QED) is 0.881. The maximum atomic E-state index is 12.7. The molecule has 1 fully saturated rings. The standard InChI is InChI=1S/C13H15F3N2O2/c14-13(15,16)9-3-1-2-8(4-9)11-5-10(19)6-18(11)7-12(17)20/h1-4,10-11,19H,5-7H2,(H2,17,20). The van der Waals surface area contributed by atoms with Gasteiger partial charge in [-0.05, 0) is 24.1 Å². The molecule has 1 aromatic carbocycles. The number of halogens is 3. The minimum Gasteiger partial charge on any atom is -0.392 e. The van der Waals surface area contributed by atoms with Crippen molar-refractivity contribution in [3.8, 4) is 0 Å². The number of carbonyl (C=O) groups excluding carboxylic acids is 1. The van der Waals surface area contributed by atoms with Gasteiger partial charge >= 0.3 is 6.18 Å². The van der Waals surface area contributed by atoms with E-state index >= 15 is 0 Å². The van der Waals surface area contributed by atoms with Gasteiger partial charge in [0.05, 0.1) is 18.2 Å². The summed E-state index contributed by atoms with van der Waals surface area (Å²) in [6.07, 6.45) is -4.80. The molecule has 2 atom stereocenters. The molecule has 0 saturated carbocycles. The summed E-state index contributed by atoms with van der Waals surface area (Å²) in [6, 6.07) is 4.50. The topological polar surface area (TPSA) is 66.6 Å². The number of amides is 1. The highest BCUT2D eigenvalue weighted by molar-refractivity contribution is 5.76. The number of nitrogens with two attached hydrogens (primary N) is 1. The van der Waals surface area contributed by atoms with Crippen molar-refractivity contribution < 1.29 is 23.1 Å². The van der Waals surface area contributed by atoms with Crippen LogP contribution in [0.2, 0.25) is 0 Å². The van der Waals surface area contributed by atoms with Crippen LogP contribution in [-0.4, -0.2) is 35.1 Å². The fraction of sp³-hybridized carbons (Fsp3) is 0.462. The van der Waals surface area contributed by atoms with Crippen LogP contribution in [0.4, 0.5) is 13.2 Å². The molecular formula is C13H15F3N2O2. The molecule has 3 N–H and O–H groups in total. The predicted octanol–water partition coefficient (Wildman–Crippen LogP) is 1.30. The molecule has 2 unspecified atom stereocenters. The number of carbonyl (C=O) groups is 1. The Kier molecular flexibility index (Phi) is 4.01. The number of alkyl halides is 3. The molecule has 4 nitrogen and oxygen atoms in total. The number of hydrogen-bond donors (Lipinski definition) is 2. The summed E-state index contributed by atoms with van der Waals surface area (Å²) >= 11 is 0. The molecule has 7 heteroatoms. The fourth-order valence-electron chi connectivity index (χ4n) is 2.52. The van der Waals surface area contributed by atoms with Crippen LogP contribution < -0.4 is 5.73 Å². The van der Waals surface area contributed by atoms with Crippen molar-refractivity contribution in [3.63, 3.8) is 0 Å². The van der Waals surface area contributed by atoms with Crippen molar-refractivity contribution in [2.75, 3.05) is 13.1 Å². The first kappa shape index (κ1) is 14.8. The molecule has 1 aliphatic heterocycles. The van der Waals surface area contributed by atoms with Crippen LogP contribution in [0.5, 0.6) is 0 Å². The number of nitrogens with zero attached hydrogens (tertiary/aromatic N) is 1. The van der Waals surface area contributed by atoms with Gasteiger partial charge in [0.1, 0.15) is 0 Å². The molecule has 2 rings (SSSR count). The average Bonchev–Trinajstić information content (AvgIpc) is 2.68. The van der Waals surface area contributed by atoms with Crippen molar-refractivity contribution >= 4 is 5.91 Å². The third-order valence-electron chi connectivity index (χ3n) is 3.34. The minimum atomic E-state index is -4.41. The monoisotopic (exact) mass is 288 g/mol. The fourth-order valence-corrected chi connectivity index (χ4v) is 2.52. The molecule has 1 amide bonds. The first-order chi connectivity index (χ1) is 9.27. The average molecular weight is 288 g/mol. The Balaban J connectivity index is 2.27. The lowest BCUT2D eigenvalue weighted by atomic mass is 10.0. The molecular weight excluding hydrogens is 273 g/mol. The second-order valence-electron chi connectivity index (χ2n) is 4.92. The van der Waals surface area contributed by atoms with Crippen molar-refractivity contribution in [1.82, 2.24) is 4.90 Å². The van der Waals surface area contributed by atoms with Gasteiger partial charge in [0, 0.05) is 12.6 Å². The lowest BCUT2D eigenvalue weighted by molar-refractivity contribution is -0.137. The Bertz CT molecular complexity index is 505. The Hall–Kier alpha value is -1.60. The first-order valence-corrected chi connectivity index (χ1v) is 6.15. The van der Waals surface area contributed by atoms with Crippen molar-refractivity contribution in [1.29, 1.82) is 0 Å². The van der Waals surface area contributed by atoms with Gasteiger partial charge in [0.2, 0.25) is 5.91 Å². The Morgan fingerprint density at radius 3 is 2.75 bits per heavy atom. The summed E-state index contributed by atoms with van der Waals surface area (Å²) in [4.78, 5) is 12.6. The molecule has 110 valence electrons. The molecule has 0 aliphatic carbocycles. The Morgan fingerprint density at radius 1 is 1.45 bits per heavy atom. The SMILES string of the molecule is NC(=O)CN1CC(O)CC1c1cccc(C(F)(F)F)c1. The van der Waals surface area contributed by atoms with Gasteiger partial charge in [0.15, 0.2) is 0 Å². The molecule has 0 spiro atoms. The molecule has 20 heavy (non-hydrogen) atoms. The molecule has 0 bridgehead atoms. The van der Waals surface area contributed by atoms with Crippen LogP contribution in [0.15, 0.2) is 24.3 Å². The molecule has 1 aromatic rings. The number of benzene rings is 1. The lowest BCUT2D eigenvalue weighted by Crippen LogP contribution is -2.34. The second kappa shape index (κ2) is 5.41. The van der Waals surface area contributed by atoms with E-state index in [4.69, 9.17) is 5.73 Å². The molecule has 1 aliphatic rings. The summed E-state index contributed by atoms with van der Waals surface area (Å²) in [5.41, 5.74) is 4.80. The summed E-state index contributed by atoms with van der Waals surface area (Å²) < 4.78 is 38.1. The normalized spacial score (nSPS) is 24.0. The predicted molar refractivity (Wildman–Crippen MR) is 65.6 cm³/mol. The van der Waals surface area contributed by atoms with Crippen molar-refractivity contribution in [2.24, 2.45) is 5.73 Å². The molecule has 1 saturated heterocycles. The highest BCUT2D eigenvalue weighted by atomic mass is 19.4. The lowest BCUT2D eigenvalue weighted by Gasteiger charge is -2.23. The second-order valence-corrected chi connectivity index (χ2v) is 4.92. The van der Waals surface area contributed by atoms with Crippen molar-refractivity contribution in [2.45, 2.75) is 24.7 Å². The third kappa shape index (κ3) is 3.29. The number of aliphatic hydroxyl groups excluding tert-OH is 1. The highest BCUT2D eigenvalue weighted by Crippen LogP contribution is 2.35. The smallest absolute Gasteiger partial charge is 0.392 e. The highest BCUT2D eigenvalue weighted by Gasteiger charge is 2.35. The third-order valence-corrected chi connectivity index (χ3v) is 3.34. The summed E-state index contributed by atoms with van der Waals surface area (Å²) in [5, 5.41) is 9.66. The van der Waals surface area contributed by atoms with Gasteiger partial charge in [0.25, 0.3) is 0 Å². The van der Waals surface area contributed by atoms with Gasteiger partial charge in [-0.2, -0.15) is 13.2 Å². The van der Waals surface area contributed by atoms with Crippen LogP contribution in [0.3, 0.4) is 0 Å². The Morgan fingerprint density at radius 2 is 2.15 bits per heavy atom. The zero-order valence-electron chi connectivity index (χ0n) is 10.6. The van der Waals surface area contributed by atoms with Gasteiger partial charge in [-0.3, -0.25) is 9.69 Å². The number of primary amides is 1. The van der Waals surface area contributed by atoms with E-state index in [1.807, 2.05) is 0 Å². The first-order valence-electron chi connectivity index (χ1n) is 6.15. The van der Waals surface area contributed by atoms with E-state index in [1.165, 1.54) is 6.07 Å². The number of β-amino-alcohol motifs (C(OH)–C–C–N with tert-alkyl or cyclic N) is 1. The van der Waals surface area contributed by atoms with Crippen LogP contribution in [-0.2, 0) is 11.0 Å². The van der Waals surface area contributed by atoms with E-state index in [9.17, 15) is 23.1 Å². The van der Waals surface area contributed by atoms with Crippen LogP contribution in [0, 0.1) is 0 Å². The van der Waals surface area contributed by atoms with Crippen LogP contribution in [0.25, 0.3) is 0 Å². The van der Waals surface area contributed by atoms with Gasteiger partial charge < -0.3 is 10.8 Å². The van der Waals surface area contributed by atoms with E-state index in [0.29, 0.717) is 5.56 Å². The van der Waals surface area contributed by atoms with E-state index in [-0.39, 0.29) is 19.5 Å². The number of rotatable bonds is 3. The molecule has 0 aromatic heterocycles. The largest absolute Gasteiger partial charge is 0.416 e. The van der Waals surface area contributed by atoms with E-state index in [2.05, 4.69) is 0 Å². The zero-order valence-corrected chi connectivity index (χ0v) is 10.6. The van der Waals surface area contributed by atoms with Gasteiger partial charge in [-0.15, -0.1) is 0 Å². The van der Waals surface area contributed by atoms with E-state index in [0.717, 1.165) is 12.1 Å². The summed E-state index contributed by atoms with van der Waals surface area (Å²) in [6.45, 7) is 0.141. The summed E-state index contributed by atoms with van der Waals surface area (Å²) in [7, 11) is 0. The van der Waals surface area contributed by atoms with E-state index < -0.39 is 29.8 Å². The van der Waals surface area contributed by atoms with Gasteiger partial charge in [-0.25, -0.2) is 0 Å². The van der Waals surface area contributed by atoms with Crippen LogP contribution >= 0.6 is 0 Å². The number of likely N-dealkylation sites (tertiary alicyclic amines) is 1. The summed E-state index contributed by atoms with van der Waals surface area (Å²) in [5.74, 6) is -0.573. The molecule has 0 radical (unpaired) electrons. The van der Waals surface area contributed by atoms with Gasteiger partial charge in [-0.1, -0.05) is 12.1 Å². The zero-order chi connectivity index (χ0) is 14.9.